The smallest absolute Gasteiger partial charge is 0.145 e. The number of nitrogens with two attached hydrogens (primary N) is 1. The monoisotopic (exact) mass is 209 g/mol. The van der Waals surface area contributed by atoms with Gasteiger partial charge in [-0.3, -0.25) is 0 Å². The van der Waals surface area contributed by atoms with Gasteiger partial charge in [-0.05, 0) is 37.5 Å². The predicted molar refractivity (Wildman–Crippen MR) is 57.6 cm³/mol. The normalized spacial score (nSPS) is 19.7. The van der Waals surface area contributed by atoms with Crippen molar-refractivity contribution < 1.29 is 9.13 Å². The molecular weight excluding hydrogens is 193 g/mol. The quantitative estimate of drug-likeness (QED) is 0.826. The summed E-state index contributed by atoms with van der Waals surface area (Å²) in [6.07, 6.45) is 2.55. The minimum atomic E-state index is -1.47. The van der Waals surface area contributed by atoms with Crippen molar-refractivity contribution in [2.75, 3.05) is 6.54 Å². The molecule has 1 saturated carbocycles. The first-order valence-corrected chi connectivity index (χ1v) is 5.28. The van der Waals surface area contributed by atoms with Crippen molar-refractivity contribution in [2.24, 2.45) is 5.73 Å². The fourth-order valence-corrected chi connectivity index (χ4v) is 1.39. The lowest BCUT2D eigenvalue weighted by Crippen LogP contribution is -2.26. The highest BCUT2D eigenvalue weighted by Crippen LogP contribution is 2.30. The maximum atomic E-state index is 13.9. The molecule has 2 nitrogen and oxygen atoms in total. The molecule has 0 aromatic heterocycles. The third kappa shape index (κ3) is 2.48. The van der Waals surface area contributed by atoms with Crippen LogP contribution >= 0.6 is 0 Å². The van der Waals surface area contributed by atoms with Crippen LogP contribution in [0.5, 0.6) is 5.75 Å². The fourth-order valence-electron chi connectivity index (χ4n) is 1.39. The Bertz CT molecular complexity index is 347. The van der Waals surface area contributed by atoms with E-state index < -0.39 is 5.67 Å². The second-order valence-corrected chi connectivity index (χ2v) is 4.25. The van der Waals surface area contributed by atoms with Gasteiger partial charge in [-0.2, -0.15) is 0 Å². The van der Waals surface area contributed by atoms with E-state index in [4.69, 9.17) is 10.5 Å². The SMILES string of the molecule is CC(F)(CN)c1cccc(OC2CC2)c1. The van der Waals surface area contributed by atoms with Gasteiger partial charge < -0.3 is 10.5 Å². The molecule has 0 bridgehead atoms. The van der Waals surface area contributed by atoms with Gasteiger partial charge in [-0.1, -0.05) is 12.1 Å². The van der Waals surface area contributed by atoms with Crippen molar-refractivity contribution in [1.82, 2.24) is 0 Å². The molecule has 82 valence electrons. The molecule has 1 aromatic carbocycles. The molecule has 1 aliphatic rings. The van der Waals surface area contributed by atoms with Crippen LogP contribution < -0.4 is 10.5 Å². The van der Waals surface area contributed by atoms with E-state index >= 15 is 0 Å². The summed E-state index contributed by atoms with van der Waals surface area (Å²) >= 11 is 0. The maximum Gasteiger partial charge on any atom is 0.145 e. The minimum absolute atomic E-state index is 0.0140. The van der Waals surface area contributed by atoms with Gasteiger partial charge in [0.25, 0.3) is 0 Å². The number of benzene rings is 1. The van der Waals surface area contributed by atoms with Crippen LogP contribution in [0.2, 0.25) is 0 Å². The van der Waals surface area contributed by atoms with E-state index in [2.05, 4.69) is 0 Å². The molecule has 0 amide bonds. The lowest BCUT2D eigenvalue weighted by Gasteiger charge is -2.19. The number of ether oxygens (including phenoxy) is 1. The van der Waals surface area contributed by atoms with Crippen LogP contribution in [0.25, 0.3) is 0 Å². The number of hydrogen-bond acceptors (Lipinski definition) is 2. The molecule has 1 unspecified atom stereocenters. The topological polar surface area (TPSA) is 35.2 Å². The second-order valence-electron chi connectivity index (χ2n) is 4.25. The highest BCUT2D eigenvalue weighted by Gasteiger charge is 2.26. The van der Waals surface area contributed by atoms with Crippen LogP contribution in [0.15, 0.2) is 24.3 Å². The van der Waals surface area contributed by atoms with Crippen molar-refractivity contribution in [3.8, 4) is 5.75 Å². The van der Waals surface area contributed by atoms with Crippen molar-refractivity contribution in [3.63, 3.8) is 0 Å². The molecule has 0 saturated heterocycles. The average Bonchev–Trinajstić information content (AvgIpc) is 3.02. The molecule has 0 radical (unpaired) electrons. The van der Waals surface area contributed by atoms with Crippen LogP contribution in [0.4, 0.5) is 4.39 Å². The highest BCUT2D eigenvalue weighted by molar-refractivity contribution is 5.32. The molecule has 0 spiro atoms. The Kier molecular flexibility index (Phi) is 2.65. The zero-order valence-electron chi connectivity index (χ0n) is 8.87. The van der Waals surface area contributed by atoms with Crippen molar-refractivity contribution in [2.45, 2.75) is 31.5 Å². The van der Waals surface area contributed by atoms with Gasteiger partial charge in [0.2, 0.25) is 0 Å². The van der Waals surface area contributed by atoms with Gasteiger partial charge in [0.1, 0.15) is 11.4 Å². The van der Waals surface area contributed by atoms with E-state index in [0.29, 0.717) is 11.7 Å². The molecule has 2 N–H and O–H groups in total. The molecule has 0 heterocycles. The lowest BCUT2D eigenvalue weighted by atomic mass is 9.98. The highest BCUT2D eigenvalue weighted by atomic mass is 19.1. The maximum absolute atomic E-state index is 13.9. The first-order chi connectivity index (χ1) is 7.12. The summed E-state index contributed by atoms with van der Waals surface area (Å²) in [5, 5.41) is 0. The summed E-state index contributed by atoms with van der Waals surface area (Å²) in [6, 6.07) is 7.15. The van der Waals surface area contributed by atoms with Gasteiger partial charge in [-0.15, -0.1) is 0 Å². The summed E-state index contributed by atoms with van der Waals surface area (Å²) < 4.78 is 19.5. The summed E-state index contributed by atoms with van der Waals surface area (Å²) in [4.78, 5) is 0. The molecular formula is C12H16FNO. The van der Waals surface area contributed by atoms with E-state index in [-0.39, 0.29) is 6.54 Å². The number of alkyl halides is 1. The summed E-state index contributed by atoms with van der Waals surface area (Å²) in [6.45, 7) is 1.48. The Morgan fingerprint density at radius 3 is 2.87 bits per heavy atom. The number of rotatable bonds is 4. The Balaban J connectivity index is 2.17. The standard InChI is InChI=1S/C12H16FNO/c1-12(13,8-14)9-3-2-4-11(7-9)15-10-5-6-10/h2-4,7,10H,5-6,8,14H2,1H3. The van der Waals surface area contributed by atoms with Crippen LogP contribution in [0.3, 0.4) is 0 Å². The molecule has 3 heteroatoms. The Morgan fingerprint density at radius 1 is 1.53 bits per heavy atom. The molecule has 2 rings (SSSR count). The Labute approximate surface area is 89.2 Å². The van der Waals surface area contributed by atoms with Crippen LogP contribution in [-0.4, -0.2) is 12.6 Å². The Hall–Kier alpha value is -1.09. The molecule has 15 heavy (non-hydrogen) atoms. The molecule has 1 atom stereocenters. The van der Waals surface area contributed by atoms with Gasteiger partial charge in [0.05, 0.1) is 6.10 Å². The van der Waals surface area contributed by atoms with E-state index in [1.165, 1.54) is 6.92 Å². The third-order valence-corrected chi connectivity index (χ3v) is 2.65. The summed E-state index contributed by atoms with van der Waals surface area (Å²) in [7, 11) is 0. The van der Waals surface area contributed by atoms with Crippen LogP contribution in [0, 0.1) is 0 Å². The number of hydrogen-bond donors (Lipinski definition) is 1. The first-order valence-electron chi connectivity index (χ1n) is 5.28. The van der Waals surface area contributed by atoms with E-state index in [9.17, 15) is 4.39 Å². The third-order valence-electron chi connectivity index (χ3n) is 2.65. The zero-order valence-corrected chi connectivity index (χ0v) is 8.87. The molecule has 1 aromatic rings. The van der Waals surface area contributed by atoms with E-state index in [0.717, 1.165) is 18.6 Å². The van der Waals surface area contributed by atoms with Crippen molar-refractivity contribution in [1.29, 1.82) is 0 Å². The molecule has 1 aliphatic carbocycles. The first kappa shape index (κ1) is 10.4. The zero-order chi connectivity index (χ0) is 10.9. The second kappa shape index (κ2) is 3.81. The minimum Gasteiger partial charge on any atom is -0.490 e. The van der Waals surface area contributed by atoms with Crippen LogP contribution in [-0.2, 0) is 5.67 Å². The summed E-state index contributed by atoms with van der Waals surface area (Å²) in [5.74, 6) is 0.743. The number of halogens is 1. The lowest BCUT2D eigenvalue weighted by molar-refractivity contribution is 0.202. The fraction of sp³-hybridized carbons (Fsp3) is 0.500. The van der Waals surface area contributed by atoms with Crippen molar-refractivity contribution >= 4 is 0 Å². The van der Waals surface area contributed by atoms with Gasteiger partial charge >= 0.3 is 0 Å². The summed E-state index contributed by atoms with van der Waals surface area (Å²) in [5.41, 5.74) is 4.50. The predicted octanol–water partition coefficient (Wildman–Crippen LogP) is 2.37. The van der Waals surface area contributed by atoms with Crippen LogP contribution in [0.1, 0.15) is 25.3 Å². The molecule has 0 aliphatic heterocycles. The molecule has 1 fully saturated rings. The van der Waals surface area contributed by atoms with Gasteiger partial charge in [0, 0.05) is 6.54 Å². The average molecular weight is 209 g/mol. The van der Waals surface area contributed by atoms with Gasteiger partial charge in [-0.25, -0.2) is 4.39 Å². The van der Waals surface area contributed by atoms with Gasteiger partial charge in [0.15, 0.2) is 0 Å². The Morgan fingerprint density at radius 2 is 2.27 bits per heavy atom. The van der Waals surface area contributed by atoms with E-state index in [1.54, 1.807) is 18.2 Å². The van der Waals surface area contributed by atoms with Crippen molar-refractivity contribution in [3.05, 3.63) is 29.8 Å². The largest absolute Gasteiger partial charge is 0.490 e. The van der Waals surface area contributed by atoms with E-state index in [1.807, 2.05) is 6.07 Å².